The molecule has 1 aliphatic rings. The molecule has 1 unspecified atom stereocenters. The first-order chi connectivity index (χ1) is 10.1. The van der Waals surface area contributed by atoms with Crippen LogP contribution in [0.4, 0.5) is 11.4 Å². The predicted molar refractivity (Wildman–Crippen MR) is 93.8 cm³/mol. The molecule has 5 nitrogen and oxygen atoms in total. The van der Waals surface area contributed by atoms with Crippen molar-refractivity contribution >= 4 is 34.0 Å². The van der Waals surface area contributed by atoms with Crippen molar-refractivity contribution in [2.24, 2.45) is 5.92 Å². The summed E-state index contributed by atoms with van der Waals surface area (Å²) < 4.78 is 0.672. The lowest BCUT2D eigenvalue weighted by atomic mass is 10.1. The van der Waals surface area contributed by atoms with E-state index >= 15 is 0 Å². The van der Waals surface area contributed by atoms with Gasteiger partial charge in [-0.2, -0.15) is 0 Å². The van der Waals surface area contributed by atoms with Gasteiger partial charge in [-0.25, -0.2) is 0 Å². The van der Waals surface area contributed by atoms with E-state index in [1.54, 1.807) is 12.1 Å². The third-order valence-corrected chi connectivity index (χ3v) is 4.68. The smallest absolute Gasteiger partial charge is 0.282 e. The van der Waals surface area contributed by atoms with Gasteiger partial charge >= 0.3 is 0 Å². The summed E-state index contributed by atoms with van der Waals surface area (Å²) in [5.74, 6) is 0.566. The predicted octanol–water partition coefficient (Wildman–Crippen LogP) is 3.73. The topological polar surface area (TPSA) is 58.4 Å². The van der Waals surface area contributed by atoms with E-state index in [2.05, 4.69) is 17.1 Å². The minimum absolute atomic E-state index is 0.169. The number of nitrogens with zero attached hydrogens (tertiary/aromatic N) is 2. The normalized spacial score (nSPS) is 17.4. The number of hydrogen-bond donors (Lipinski definition) is 1. The van der Waals surface area contributed by atoms with Crippen LogP contribution in [-0.4, -0.2) is 36.0 Å². The van der Waals surface area contributed by atoms with Crippen LogP contribution in [0.3, 0.4) is 0 Å². The van der Waals surface area contributed by atoms with Gasteiger partial charge in [0.2, 0.25) is 0 Å². The molecule has 21 heavy (non-hydrogen) atoms. The van der Waals surface area contributed by atoms with Gasteiger partial charge in [0.1, 0.15) is 0 Å². The Morgan fingerprint density at radius 2 is 2.10 bits per heavy atom. The van der Waals surface area contributed by atoms with Crippen LogP contribution in [0, 0.1) is 19.6 Å². The fourth-order valence-electron chi connectivity index (χ4n) is 2.70. The molecule has 0 aliphatic carbocycles. The Bertz CT molecular complexity index is 490. The van der Waals surface area contributed by atoms with E-state index in [-0.39, 0.29) is 10.6 Å². The highest BCUT2D eigenvalue weighted by Crippen LogP contribution is 2.24. The molecule has 1 aliphatic heterocycles. The van der Waals surface area contributed by atoms with Gasteiger partial charge in [0.15, 0.2) is 0 Å². The van der Waals surface area contributed by atoms with Gasteiger partial charge in [-0.05, 0) is 66.6 Å². The lowest BCUT2D eigenvalue weighted by Crippen LogP contribution is -2.35. The van der Waals surface area contributed by atoms with E-state index in [4.69, 9.17) is 0 Å². The molecule has 116 valence electrons. The molecule has 0 bridgehead atoms. The second-order valence-electron chi connectivity index (χ2n) is 5.77. The molecular weight excluding hydrogens is 381 g/mol. The summed E-state index contributed by atoms with van der Waals surface area (Å²) in [5.41, 5.74) is 1.12. The molecule has 1 aromatic carbocycles. The molecule has 1 N–H and O–H groups in total. The highest BCUT2D eigenvalue weighted by Gasteiger charge is 2.14. The van der Waals surface area contributed by atoms with E-state index in [1.807, 2.05) is 28.7 Å². The fourth-order valence-corrected chi connectivity index (χ4v) is 3.42. The van der Waals surface area contributed by atoms with Crippen LogP contribution >= 0.6 is 22.6 Å². The van der Waals surface area contributed by atoms with Crippen molar-refractivity contribution in [1.82, 2.24) is 4.90 Å². The van der Waals surface area contributed by atoms with E-state index in [0.29, 0.717) is 9.49 Å². The molecule has 1 heterocycles. The summed E-state index contributed by atoms with van der Waals surface area (Å²) in [7, 11) is 0. The highest BCUT2D eigenvalue weighted by atomic mass is 127. The minimum atomic E-state index is -0.343. The molecule has 6 heteroatoms. The van der Waals surface area contributed by atoms with Gasteiger partial charge in [-0.3, -0.25) is 10.1 Å². The Balaban J connectivity index is 1.81. The van der Waals surface area contributed by atoms with Crippen molar-refractivity contribution in [3.8, 4) is 0 Å². The summed E-state index contributed by atoms with van der Waals surface area (Å²) in [6.07, 6.45) is 4.01. The molecule has 1 atom stereocenters. The number of nitro groups is 1. The number of nitro benzene ring substituents is 1. The van der Waals surface area contributed by atoms with Crippen molar-refractivity contribution in [1.29, 1.82) is 0 Å². The zero-order valence-electron chi connectivity index (χ0n) is 12.3. The summed E-state index contributed by atoms with van der Waals surface area (Å²) >= 11 is 2.01. The van der Waals surface area contributed by atoms with Crippen LogP contribution in [0.15, 0.2) is 18.2 Å². The lowest BCUT2D eigenvalue weighted by Gasteiger charge is -2.29. The third-order valence-electron chi connectivity index (χ3n) is 3.82. The van der Waals surface area contributed by atoms with Crippen molar-refractivity contribution in [3.63, 3.8) is 0 Å². The minimum Gasteiger partial charge on any atom is -0.385 e. The number of piperidine rings is 1. The number of likely N-dealkylation sites (tertiary alicyclic amines) is 1. The van der Waals surface area contributed by atoms with Crippen molar-refractivity contribution in [3.05, 3.63) is 31.9 Å². The Hall–Kier alpha value is -0.890. The first-order valence-electron chi connectivity index (χ1n) is 7.46. The third kappa shape index (κ3) is 5.10. The number of anilines is 1. The lowest BCUT2D eigenvalue weighted by molar-refractivity contribution is -0.385. The zero-order valence-corrected chi connectivity index (χ0v) is 14.5. The Kier molecular flexibility index (Phi) is 6.22. The molecule has 1 aromatic rings. The van der Waals surface area contributed by atoms with E-state index in [1.165, 1.54) is 32.4 Å². The average molecular weight is 403 g/mol. The first kappa shape index (κ1) is 16.5. The van der Waals surface area contributed by atoms with Gasteiger partial charge < -0.3 is 10.2 Å². The van der Waals surface area contributed by atoms with Crippen LogP contribution in [0.25, 0.3) is 0 Å². The second kappa shape index (κ2) is 7.93. The number of rotatable bonds is 6. The largest absolute Gasteiger partial charge is 0.385 e. The van der Waals surface area contributed by atoms with Crippen LogP contribution in [0.1, 0.15) is 26.2 Å². The van der Waals surface area contributed by atoms with Crippen LogP contribution in [0.2, 0.25) is 0 Å². The summed E-state index contributed by atoms with van der Waals surface area (Å²) in [6, 6.07) is 5.19. The molecule has 0 amide bonds. The van der Waals surface area contributed by atoms with Crippen molar-refractivity contribution in [2.75, 3.05) is 31.5 Å². The number of halogens is 1. The van der Waals surface area contributed by atoms with E-state index in [0.717, 1.165) is 18.8 Å². The van der Waals surface area contributed by atoms with Gasteiger partial charge in [0.05, 0.1) is 8.49 Å². The summed E-state index contributed by atoms with van der Waals surface area (Å²) in [6.45, 7) is 6.71. The number of hydrogen-bond acceptors (Lipinski definition) is 4. The maximum Gasteiger partial charge on any atom is 0.282 e. The maximum absolute atomic E-state index is 10.8. The molecule has 2 rings (SSSR count). The Labute approximate surface area is 139 Å². The Morgan fingerprint density at radius 3 is 2.71 bits per heavy atom. The van der Waals surface area contributed by atoms with Crippen LogP contribution < -0.4 is 5.32 Å². The van der Waals surface area contributed by atoms with Gasteiger partial charge in [-0.1, -0.05) is 13.3 Å². The van der Waals surface area contributed by atoms with Crippen LogP contribution in [0.5, 0.6) is 0 Å². The van der Waals surface area contributed by atoms with E-state index in [9.17, 15) is 10.1 Å². The zero-order chi connectivity index (χ0) is 15.2. The van der Waals surface area contributed by atoms with E-state index < -0.39 is 0 Å². The molecule has 1 saturated heterocycles. The van der Waals surface area contributed by atoms with Gasteiger partial charge in [0, 0.05) is 24.8 Å². The summed E-state index contributed by atoms with van der Waals surface area (Å²) in [5, 5.41) is 14.2. The first-order valence-corrected chi connectivity index (χ1v) is 8.54. The average Bonchev–Trinajstić information content (AvgIpc) is 2.46. The SMILES string of the molecule is CC(CNc1ccc([N+](=O)[O-])c(I)c1)CN1CCCCC1. The molecular formula is C15H22IN3O2. The highest BCUT2D eigenvalue weighted by molar-refractivity contribution is 14.1. The van der Waals surface area contributed by atoms with Crippen molar-refractivity contribution in [2.45, 2.75) is 26.2 Å². The monoisotopic (exact) mass is 403 g/mol. The fraction of sp³-hybridized carbons (Fsp3) is 0.600. The maximum atomic E-state index is 10.8. The van der Waals surface area contributed by atoms with Gasteiger partial charge in [0.25, 0.3) is 5.69 Å². The molecule has 0 aromatic heterocycles. The standard InChI is InChI=1S/C15H22IN3O2/c1-12(11-18-7-3-2-4-8-18)10-17-13-5-6-15(19(20)21)14(16)9-13/h5-6,9,12,17H,2-4,7-8,10-11H2,1H3. The number of benzene rings is 1. The second-order valence-corrected chi connectivity index (χ2v) is 6.93. The molecule has 0 spiro atoms. The number of nitrogens with one attached hydrogen (secondary N) is 1. The van der Waals surface area contributed by atoms with Gasteiger partial charge in [-0.15, -0.1) is 0 Å². The van der Waals surface area contributed by atoms with Crippen LogP contribution in [-0.2, 0) is 0 Å². The summed E-state index contributed by atoms with van der Waals surface area (Å²) in [4.78, 5) is 13.0. The molecule has 1 fully saturated rings. The van der Waals surface area contributed by atoms with Crippen molar-refractivity contribution < 1.29 is 4.92 Å². The molecule has 0 saturated carbocycles. The Morgan fingerprint density at radius 1 is 1.38 bits per heavy atom. The quantitative estimate of drug-likeness (QED) is 0.447. The molecule has 0 radical (unpaired) electrons.